The van der Waals surface area contributed by atoms with Gasteiger partial charge in [-0.2, -0.15) is 25.3 Å². The molecule has 0 bridgehead atoms. The van der Waals surface area contributed by atoms with Gasteiger partial charge in [0.05, 0.1) is 32.0 Å². The maximum absolute atomic E-state index is 15.7. The molecule has 674 valence electrons. The van der Waals surface area contributed by atoms with Gasteiger partial charge in [-0.1, -0.05) is 92.7 Å². The predicted octanol–water partition coefficient (Wildman–Crippen LogP) is -2.97. The number of aromatic hydroxyl groups is 1. The van der Waals surface area contributed by atoms with Crippen LogP contribution in [0.2, 0.25) is 0 Å². The van der Waals surface area contributed by atoms with Crippen molar-refractivity contribution in [2.24, 2.45) is 17.4 Å². The first-order valence-corrected chi connectivity index (χ1v) is 41.5. The highest BCUT2D eigenvalue weighted by Crippen LogP contribution is 2.24. The summed E-state index contributed by atoms with van der Waals surface area (Å²) >= 11 is 8.51. The Kier molecular flexibility index (Phi) is 39.2. The first-order valence-electron chi connectivity index (χ1n) is 40.3. The summed E-state index contributed by atoms with van der Waals surface area (Å²) in [7, 11) is 1.25. The number of carboxylic acids is 1. The maximum atomic E-state index is 15.7. The highest BCUT2D eigenvalue weighted by molar-refractivity contribution is 7.80. The van der Waals surface area contributed by atoms with Crippen LogP contribution in [0, 0.1) is 5.92 Å². The molecule has 4 aromatic carbocycles. The molecule has 13 atom stereocenters. The highest BCUT2D eigenvalue weighted by atomic mass is 32.1. The van der Waals surface area contributed by atoms with Gasteiger partial charge in [0.1, 0.15) is 84.9 Å². The number of primary amides is 1. The van der Waals surface area contributed by atoms with E-state index in [2.05, 4.69) is 114 Å². The van der Waals surface area contributed by atoms with Crippen molar-refractivity contribution >= 4 is 142 Å². The molecule has 42 heteroatoms. The Morgan fingerprint density at radius 1 is 0.512 bits per heavy atom. The van der Waals surface area contributed by atoms with Crippen LogP contribution in [-0.4, -0.2) is 265 Å². The minimum absolute atomic E-state index is 0.113. The number of aliphatic carboxylic acids is 1. The number of ether oxygens (including phenoxy) is 1. The number of phenols is 1. The zero-order valence-electron chi connectivity index (χ0n) is 69.7. The van der Waals surface area contributed by atoms with Crippen LogP contribution in [-0.2, 0) is 114 Å². The van der Waals surface area contributed by atoms with Gasteiger partial charge in [0.2, 0.25) is 88.6 Å². The fraction of sp³-hybridized carbons (Fsp3) is 0.434. The number of H-pyrrole nitrogens is 3. The van der Waals surface area contributed by atoms with Crippen molar-refractivity contribution in [2.75, 3.05) is 51.4 Å². The summed E-state index contributed by atoms with van der Waals surface area (Å²) in [6.07, 6.45) is 3.14. The second kappa shape index (κ2) is 49.4. The number of carbonyl (C=O) groups is 16. The van der Waals surface area contributed by atoms with E-state index in [1.54, 1.807) is 105 Å². The fourth-order valence-electron chi connectivity index (χ4n) is 13.3. The summed E-state index contributed by atoms with van der Waals surface area (Å²) in [6.45, 7) is 5.75. The summed E-state index contributed by atoms with van der Waals surface area (Å²) < 4.78 is 5.35. The Morgan fingerprint density at radius 2 is 1.02 bits per heavy atom. The number of likely N-dealkylation sites (N-methyl/N-ethyl adjacent to an activating group) is 1. The number of imidazole rings is 1. The van der Waals surface area contributed by atoms with Gasteiger partial charge in [-0.25, -0.2) is 4.98 Å². The number of aromatic amines is 3. The molecule has 0 unspecified atom stereocenters. The number of aliphatic hydroxyl groups excluding tert-OH is 1. The third-order valence-corrected chi connectivity index (χ3v) is 20.8. The van der Waals surface area contributed by atoms with Gasteiger partial charge >= 0.3 is 5.97 Å². The Balaban J connectivity index is 1.10. The minimum Gasteiger partial charge on any atom is -0.508 e. The van der Waals surface area contributed by atoms with Gasteiger partial charge in [-0.15, -0.1) is 0 Å². The molecule has 125 heavy (non-hydrogen) atoms. The molecule has 3 aromatic heterocycles. The second-order valence-electron chi connectivity index (χ2n) is 30.1. The number of hydrogen-bond donors (Lipinski definition) is 23. The number of aliphatic hydroxyl groups is 1. The molecule has 0 fully saturated rings. The van der Waals surface area contributed by atoms with Crippen molar-refractivity contribution in [1.82, 2.24) is 94.0 Å². The molecular formula is C83H110N20O20S2. The number of amides is 15. The molecule has 23 N–H and O–H groups in total. The Hall–Kier alpha value is -12.9. The number of phenolic OH excluding ortho intramolecular Hbond substituents is 1. The van der Waals surface area contributed by atoms with Crippen molar-refractivity contribution in [2.45, 2.75) is 171 Å². The number of unbranched alkanes of at least 4 members (excludes halogenated alkanes) is 1. The van der Waals surface area contributed by atoms with Gasteiger partial charge in [-0.05, 0) is 92.1 Å². The van der Waals surface area contributed by atoms with E-state index in [0.717, 1.165) is 11.8 Å². The number of nitrogens with two attached hydrogens (primary N) is 2. The van der Waals surface area contributed by atoms with Crippen LogP contribution < -0.4 is 80.6 Å². The monoisotopic (exact) mass is 1770 g/mol. The van der Waals surface area contributed by atoms with Crippen LogP contribution in [0.5, 0.6) is 5.75 Å². The van der Waals surface area contributed by atoms with Crippen molar-refractivity contribution < 1.29 is 96.8 Å². The Morgan fingerprint density at radius 3 is 1.58 bits per heavy atom. The summed E-state index contributed by atoms with van der Waals surface area (Å²) in [5, 5.41) is 65.9. The van der Waals surface area contributed by atoms with E-state index in [1.807, 2.05) is 0 Å². The third-order valence-electron chi connectivity index (χ3n) is 20.1. The molecule has 0 aliphatic rings. The molecule has 0 spiro atoms. The molecule has 0 saturated carbocycles. The second-order valence-corrected chi connectivity index (χ2v) is 30.9. The van der Waals surface area contributed by atoms with Crippen molar-refractivity contribution in [1.29, 1.82) is 0 Å². The molecule has 40 nitrogen and oxygen atoms in total. The van der Waals surface area contributed by atoms with Crippen molar-refractivity contribution in [3.05, 3.63) is 156 Å². The molecule has 0 saturated heterocycles. The number of carboxylic acid groups (broad SMARTS) is 1. The molecule has 3 heterocycles. The number of para-hydroxylation sites is 2. The molecule has 0 radical (unpaired) electrons. The standard InChI is InChI=1S/C83H110N20O20S2/c1-44(2)70(101-77(116)61(32-50-36-88-56-20-12-10-18-54(50)56)97-76(115)62(35-69(109)110)95-73(112)45(3)92-78(117)64(41-124)93-47(5)105)81(120)100-65(42-125)79(118)96-60(31-49-23-25-53(106)26-24-49)75(114)99-63(33-51-37-89-57-21-13-11-19-55(51)57)83(122)103(6)66(34-52-38-86-43-91-52)80(119)102-71(46(4)104)82(121)98-59(30-48-16-8-7-9-17-48)74(113)90-39-67(107)87-28-29-123-40-68(108)94-58(72(85)111)22-14-15-27-84/h7-13,16-21,23-26,36-38,43-46,58-66,70-71,88-89,104,106,124-125H,14-15,22,27-35,39-42,84H2,1-6H3,(H2,85,111)(H,86,91)(H,87,107)(H,90,113)(H,92,117)(H,93,105)(H,94,108)(H,95,112)(H,96,118)(H,97,115)(H,98,121)(H,99,114)(H,100,120)(H,101,116)(H,102,119)(H,109,110)/t45-,46+,58+,59-,60-,61-,62-,63-,64-,65-,66-,70-,71-/m0/s1. The Bertz CT molecular complexity index is 4880. The van der Waals surface area contributed by atoms with Gasteiger partial charge in [0, 0.05) is 110 Å². The van der Waals surface area contributed by atoms with E-state index in [-0.39, 0.29) is 68.9 Å². The molecule has 7 rings (SSSR count). The number of benzene rings is 4. The van der Waals surface area contributed by atoms with Gasteiger partial charge in [0.15, 0.2) is 0 Å². The van der Waals surface area contributed by atoms with Gasteiger partial charge < -0.3 is 120 Å². The quantitative estimate of drug-likeness (QED) is 0.0134. The average molecular weight is 1770 g/mol. The number of nitrogens with one attached hydrogen (secondary N) is 16. The van der Waals surface area contributed by atoms with Crippen LogP contribution >= 0.6 is 25.3 Å². The van der Waals surface area contributed by atoms with E-state index < -0.39 is 204 Å². The number of rotatable bonds is 51. The lowest BCUT2D eigenvalue weighted by atomic mass is 9.99. The summed E-state index contributed by atoms with van der Waals surface area (Å²) in [5.74, 6) is -16.7. The number of carbonyl (C=O) groups excluding carboxylic acids is 15. The first kappa shape index (κ1) is 99.2. The van der Waals surface area contributed by atoms with E-state index >= 15 is 14.4 Å². The smallest absolute Gasteiger partial charge is 0.305 e. The molecule has 15 amide bonds. The highest BCUT2D eigenvalue weighted by Gasteiger charge is 2.41. The lowest BCUT2D eigenvalue weighted by Crippen LogP contribution is -2.62. The number of aromatic nitrogens is 4. The molecule has 0 aliphatic heterocycles. The van der Waals surface area contributed by atoms with Crippen molar-refractivity contribution in [3.8, 4) is 5.75 Å². The minimum atomic E-state index is -1.87. The number of hydrogen-bond acceptors (Lipinski definition) is 23. The lowest BCUT2D eigenvalue weighted by molar-refractivity contribution is -0.143. The molecule has 0 aliphatic carbocycles. The number of thiol groups is 2. The lowest BCUT2D eigenvalue weighted by Gasteiger charge is -2.33. The van der Waals surface area contributed by atoms with Gasteiger partial charge in [-0.3, -0.25) is 76.7 Å². The van der Waals surface area contributed by atoms with Gasteiger partial charge in [0.25, 0.3) is 0 Å². The molecule has 7 aromatic rings. The van der Waals surface area contributed by atoms with Crippen molar-refractivity contribution in [3.63, 3.8) is 0 Å². The number of nitrogens with zero attached hydrogens (tertiary/aromatic N) is 2. The van der Waals surface area contributed by atoms with E-state index in [0.29, 0.717) is 63.4 Å². The normalized spacial score (nSPS) is 14.3. The maximum Gasteiger partial charge on any atom is 0.305 e. The first-order chi connectivity index (χ1) is 59.6. The fourth-order valence-corrected chi connectivity index (χ4v) is 13.8. The Labute approximate surface area is 730 Å². The average Bonchev–Trinajstić information content (AvgIpc) is 1.74. The third kappa shape index (κ3) is 31.1. The summed E-state index contributed by atoms with van der Waals surface area (Å²) in [6, 6.07) is 9.57. The zero-order chi connectivity index (χ0) is 91.6. The number of fused-ring (bicyclic) bond motifs is 2. The SMILES string of the molecule is CC(=O)N[C@@H](CS)C(=O)N[C@@H](C)C(=O)N[C@@H](CC(=O)O)C(=O)N[C@@H](Cc1c[nH]c2ccccc12)C(=O)N[C@H](C(=O)N[C@@H](CS)C(=O)N[C@@H](Cc1ccc(O)cc1)C(=O)N[C@@H](Cc1c[nH]c2ccccc12)C(=O)N(C)[C@@H](Cc1cnc[nH]1)C(=O)N[C@H](C(=O)N[C@@H](Cc1ccccc1)C(=O)NCC(=O)NCCOCC(=O)N[C@H](CCCCN)C(N)=O)[C@@H](C)O)C(C)C. The van der Waals surface area contributed by atoms with E-state index in [9.17, 15) is 77.6 Å². The van der Waals surface area contributed by atoms with Crippen LogP contribution in [0.25, 0.3) is 21.8 Å². The van der Waals surface area contributed by atoms with Crippen LogP contribution in [0.3, 0.4) is 0 Å². The summed E-state index contributed by atoms with van der Waals surface area (Å²) in [4.78, 5) is 236. The van der Waals surface area contributed by atoms with Crippen LogP contribution in [0.15, 0.2) is 128 Å². The largest absolute Gasteiger partial charge is 0.508 e. The zero-order valence-corrected chi connectivity index (χ0v) is 71.5. The topological polar surface area (TPSA) is 615 Å². The van der Waals surface area contributed by atoms with Crippen LogP contribution in [0.4, 0.5) is 0 Å². The van der Waals surface area contributed by atoms with Crippen LogP contribution in [0.1, 0.15) is 88.2 Å². The van der Waals surface area contributed by atoms with E-state index in [4.69, 9.17) is 16.2 Å². The predicted molar refractivity (Wildman–Crippen MR) is 463 cm³/mol. The summed E-state index contributed by atoms with van der Waals surface area (Å²) in [5.41, 5.74) is 14.4. The van der Waals surface area contributed by atoms with E-state index in [1.165, 1.54) is 57.7 Å². The molecular weight excluding hydrogens is 1660 g/mol.